The number of aliphatic hydroxyl groups excluding tert-OH is 1. The number of rotatable bonds is 18. The predicted octanol–water partition coefficient (Wildman–Crippen LogP) is 9.24. The van der Waals surface area contributed by atoms with Crippen molar-refractivity contribution >= 4 is 39.1 Å². The molecule has 1 aliphatic heterocycles. The second-order valence-electron chi connectivity index (χ2n) is 15.0. The van der Waals surface area contributed by atoms with Crippen LogP contribution in [0.3, 0.4) is 0 Å². The van der Waals surface area contributed by atoms with E-state index in [4.69, 9.17) is 45.0 Å². The van der Waals surface area contributed by atoms with Gasteiger partial charge in [-0.15, -0.1) is 11.3 Å². The summed E-state index contributed by atoms with van der Waals surface area (Å²) in [5.74, 6) is 0.765. The zero-order valence-electron chi connectivity index (χ0n) is 36.0. The average Bonchev–Trinajstić information content (AvgIpc) is 3.73. The first-order valence-corrected chi connectivity index (χ1v) is 22.4. The molecule has 7 aromatic rings. The molecule has 16 heteroatoms. The number of aliphatic hydroxyl groups is 1. The number of para-hydroxylation sites is 1. The lowest BCUT2D eigenvalue weighted by atomic mass is 9.94. The SMILES string of the molecule is CCOC(=O)C(Cc1cc(CNCCO)ccc1OCc1ccnc(-c2ccccc2OC)n1)Oc1ncnc2sc(-c3ccc(F)cc3)c(-c3ccc(C4OCCCO4)c(Cl)c3C)c12. The fourth-order valence-corrected chi connectivity index (χ4v) is 8.98. The molecule has 13 nitrogen and oxygen atoms in total. The Morgan fingerprint density at radius 2 is 1.82 bits per heavy atom. The van der Waals surface area contributed by atoms with Crippen molar-refractivity contribution in [3.63, 3.8) is 0 Å². The highest BCUT2D eigenvalue weighted by molar-refractivity contribution is 7.22. The lowest BCUT2D eigenvalue weighted by Gasteiger charge is -2.25. The summed E-state index contributed by atoms with van der Waals surface area (Å²) in [7, 11) is 1.60. The zero-order chi connectivity index (χ0) is 45.3. The Kier molecular flexibility index (Phi) is 14.9. The molecule has 1 fully saturated rings. The number of ether oxygens (including phenoxy) is 6. The number of hydrogen-bond acceptors (Lipinski definition) is 14. The number of fused-ring (bicyclic) bond motifs is 1. The van der Waals surface area contributed by atoms with Gasteiger partial charge in [0.05, 0.1) is 55.2 Å². The number of benzene rings is 4. The van der Waals surface area contributed by atoms with Crippen LogP contribution >= 0.6 is 22.9 Å². The molecule has 1 unspecified atom stereocenters. The molecular weight excluding hydrogens is 873 g/mol. The van der Waals surface area contributed by atoms with Gasteiger partial charge in [0.15, 0.2) is 12.1 Å². The van der Waals surface area contributed by atoms with Gasteiger partial charge in [-0.3, -0.25) is 0 Å². The Hall–Kier alpha value is -6.07. The van der Waals surface area contributed by atoms with Crippen LogP contribution in [0.2, 0.25) is 5.02 Å². The first-order valence-electron chi connectivity index (χ1n) is 21.2. The second-order valence-corrected chi connectivity index (χ2v) is 16.4. The highest BCUT2D eigenvalue weighted by Crippen LogP contribution is 2.49. The number of thiophene rings is 1. The van der Waals surface area contributed by atoms with E-state index in [1.807, 2.05) is 61.5 Å². The molecule has 0 aliphatic carbocycles. The molecule has 1 saturated heterocycles. The van der Waals surface area contributed by atoms with E-state index in [2.05, 4.69) is 20.3 Å². The third-order valence-electron chi connectivity index (χ3n) is 10.7. The minimum absolute atomic E-state index is 0.0228. The van der Waals surface area contributed by atoms with Gasteiger partial charge in [0.1, 0.15) is 35.1 Å². The van der Waals surface area contributed by atoms with Crippen molar-refractivity contribution in [2.45, 2.75) is 52.2 Å². The van der Waals surface area contributed by atoms with Crippen molar-refractivity contribution in [1.29, 1.82) is 0 Å². The summed E-state index contributed by atoms with van der Waals surface area (Å²) in [5.41, 5.74) is 6.53. The molecule has 336 valence electrons. The number of esters is 1. The van der Waals surface area contributed by atoms with Crippen LogP contribution in [0.25, 0.3) is 43.2 Å². The molecule has 1 atom stereocenters. The first-order chi connectivity index (χ1) is 31.8. The van der Waals surface area contributed by atoms with Crippen molar-refractivity contribution in [1.82, 2.24) is 25.3 Å². The monoisotopic (exact) mass is 919 g/mol. The topological polar surface area (TPSA) is 156 Å². The standard InChI is InChI=1S/C49H47ClFN5O8S/c1-4-60-48(58)40(25-32-24-30(26-52-20-21-57)10-17-38(32)63-27-34-18-19-53-45(56-34)36-8-5-6-9-39(36)59-3)64-46-42-41(35-15-16-37(43(50)29(35)2)49-61-22-7-23-62-49)44(65-47(42)55-28-54-46)31-11-13-33(51)14-12-31/h5-6,8-19,24,28,40,49,52,57H,4,7,20-23,25-27H2,1-3H3. The summed E-state index contributed by atoms with van der Waals surface area (Å²) in [6.07, 6.45) is 2.05. The van der Waals surface area contributed by atoms with E-state index < -0.39 is 18.4 Å². The maximum Gasteiger partial charge on any atom is 0.347 e. The molecule has 2 N–H and O–H groups in total. The number of nitrogens with zero attached hydrogens (tertiary/aromatic N) is 4. The van der Waals surface area contributed by atoms with Gasteiger partial charge in [-0.1, -0.05) is 60.1 Å². The van der Waals surface area contributed by atoms with Crippen LogP contribution in [0.15, 0.2) is 97.5 Å². The van der Waals surface area contributed by atoms with Gasteiger partial charge in [0.25, 0.3) is 0 Å². The fourth-order valence-electron chi connectivity index (χ4n) is 7.57. The Morgan fingerprint density at radius 1 is 1.00 bits per heavy atom. The van der Waals surface area contributed by atoms with Gasteiger partial charge in [0.2, 0.25) is 12.0 Å². The van der Waals surface area contributed by atoms with Crippen molar-refractivity contribution < 1.29 is 42.7 Å². The predicted molar refractivity (Wildman–Crippen MR) is 246 cm³/mol. The highest BCUT2D eigenvalue weighted by atomic mass is 35.5. The van der Waals surface area contributed by atoms with Gasteiger partial charge in [-0.05, 0) is 84.5 Å². The van der Waals surface area contributed by atoms with Crippen LogP contribution in [0.1, 0.15) is 47.6 Å². The molecule has 0 amide bonds. The van der Waals surface area contributed by atoms with Crippen LogP contribution in [0.5, 0.6) is 17.4 Å². The summed E-state index contributed by atoms with van der Waals surface area (Å²) in [6, 6.07) is 25.0. The molecular formula is C49H47ClFN5O8S. The van der Waals surface area contributed by atoms with E-state index in [9.17, 15) is 14.3 Å². The molecule has 65 heavy (non-hydrogen) atoms. The normalized spacial score (nSPS) is 13.4. The van der Waals surface area contributed by atoms with Crippen molar-refractivity contribution in [2.75, 3.05) is 40.1 Å². The number of halogens is 2. The van der Waals surface area contributed by atoms with Gasteiger partial charge in [-0.25, -0.2) is 29.1 Å². The molecule has 0 saturated carbocycles. The van der Waals surface area contributed by atoms with Gasteiger partial charge in [0, 0.05) is 41.7 Å². The van der Waals surface area contributed by atoms with Crippen molar-refractivity contribution in [2.24, 2.45) is 0 Å². The van der Waals surface area contributed by atoms with E-state index in [1.165, 1.54) is 29.8 Å². The van der Waals surface area contributed by atoms with E-state index >= 15 is 0 Å². The summed E-state index contributed by atoms with van der Waals surface area (Å²) < 4.78 is 50.5. The summed E-state index contributed by atoms with van der Waals surface area (Å²) >= 11 is 8.50. The number of aromatic nitrogens is 4. The first kappa shape index (κ1) is 45.5. The largest absolute Gasteiger partial charge is 0.496 e. The van der Waals surface area contributed by atoms with E-state index in [1.54, 1.807) is 38.4 Å². The number of carbonyl (C=O) groups excluding carboxylic acids is 1. The van der Waals surface area contributed by atoms with Crippen LogP contribution in [0.4, 0.5) is 4.39 Å². The smallest absolute Gasteiger partial charge is 0.347 e. The maximum absolute atomic E-state index is 14.3. The number of carbonyl (C=O) groups is 1. The van der Waals surface area contributed by atoms with E-state index in [0.29, 0.717) is 81.3 Å². The molecule has 3 aromatic heterocycles. The minimum Gasteiger partial charge on any atom is -0.496 e. The molecule has 4 aromatic carbocycles. The zero-order valence-corrected chi connectivity index (χ0v) is 37.6. The van der Waals surface area contributed by atoms with Crippen LogP contribution in [-0.4, -0.2) is 77.2 Å². The Bertz CT molecular complexity index is 2770. The van der Waals surface area contributed by atoms with Gasteiger partial charge >= 0.3 is 5.97 Å². The second kappa shape index (κ2) is 21.3. The van der Waals surface area contributed by atoms with Gasteiger partial charge in [-0.2, -0.15) is 0 Å². The summed E-state index contributed by atoms with van der Waals surface area (Å²) in [4.78, 5) is 33.9. The third kappa shape index (κ3) is 10.4. The van der Waals surface area contributed by atoms with Crippen LogP contribution in [-0.2, 0) is 38.6 Å². The Balaban J connectivity index is 1.18. The van der Waals surface area contributed by atoms with Crippen LogP contribution in [0, 0.1) is 12.7 Å². The fraction of sp³-hybridized carbons (Fsp3) is 0.286. The maximum atomic E-state index is 14.3. The van der Waals surface area contributed by atoms with E-state index in [0.717, 1.165) is 39.1 Å². The molecule has 0 radical (unpaired) electrons. The highest BCUT2D eigenvalue weighted by Gasteiger charge is 2.30. The van der Waals surface area contributed by atoms with Crippen molar-refractivity contribution in [3.05, 3.63) is 136 Å². The molecule has 1 aliphatic rings. The number of nitrogens with one attached hydrogen (secondary N) is 1. The molecule has 4 heterocycles. The Labute approximate surface area is 384 Å². The lowest BCUT2D eigenvalue weighted by molar-refractivity contribution is -0.182. The van der Waals surface area contributed by atoms with Crippen LogP contribution < -0.4 is 19.5 Å². The molecule has 0 spiro atoms. The molecule has 0 bridgehead atoms. The third-order valence-corrected chi connectivity index (χ3v) is 12.4. The number of hydrogen-bond donors (Lipinski definition) is 2. The van der Waals surface area contributed by atoms with E-state index in [-0.39, 0.29) is 37.9 Å². The summed E-state index contributed by atoms with van der Waals surface area (Å²) in [6.45, 7) is 5.76. The number of methoxy groups -OCH3 is 1. The van der Waals surface area contributed by atoms with Gasteiger partial charge < -0.3 is 38.8 Å². The van der Waals surface area contributed by atoms with Crippen molar-refractivity contribution in [3.8, 4) is 50.3 Å². The molecule has 8 rings (SSSR count). The Morgan fingerprint density at radius 3 is 2.60 bits per heavy atom. The average molecular weight is 920 g/mol. The summed E-state index contributed by atoms with van der Waals surface area (Å²) in [5, 5.41) is 13.7. The minimum atomic E-state index is -1.21. The lowest BCUT2D eigenvalue weighted by Crippen LogP contribution is -2.32. The quantitative estimate of drug-likeness (QED) is 0.0621.